The molecule has 0 saturated carbocycles. The molecule has 2 aromatic rings. The summed E-state index contributed by atoms with van der Waals surface area (Å²) in [6.45, 7) is 0. The number of halogens is 1. The molecule has 18 heavy (non-hydrogen) atoms. The first-order valence-electron chi connectivity index (χ1n) is 5.47. The van der Waals surface area contributed by atoms with Gasteiger partial charge in [0.05, 0.1) is 11.8 Å². The van der Waals surface area contributed by atoms with E-state index < -0.39 is 0 Å². The van der Waals surface area contributed by atoms with Crippen molar-refractivity contribution in [3.8, 4) is 11.8 Å². The number of unbranched alkanes of at least 4 members (excludes halogenated alkanes) is 1. The lowest BCUT2D eigenvalue weighted by Gasteiger charge is -2.05. The van der Waals surface area contributed by atoms with E-state index in [0.29, 0.717) is 11.4 Å². The van der Waals surface area contributed by atoms with Crippen LogP contribution in [0.25, 0.3) is 5.69 Å². The Morgan fingerprint density at radius 1 is 1.44 bits per heavy atom. The lowest BCUT2D eigenvalue weighted by Crippen LogP contribution is -1.95. The molecule has 0 aliphatic carbocycles. The van der Waals surface area contributed by atoms with Gasteiger partial charge in [0.15, 0.2) is 5.16 Å². The number of hydrogen-bond donors (Lipinski definition) is 0. The third-order valence-electron chi connectivity index (χ3n) is 2.27. The molecule has 0 N–H and O–H groups in total. The summed E-state index contributed by atoms with van der Waals surface area (Å²) in [6, 6.07) is 9.67. The summed E-state index contributed by atoms with van der Waals surface area (Å²) in [5.74, 6) is 0.854. The first kappa shape index (κ1) is 12.9. The average molecular weight is 279 g/mol. The van der Waals surface area contributed by atoms with Gasteiger partial charge in [-0.1, -0.05) is 29.4 Å². The van der Waals surface area contributed by atoms with E-state index in [0.717, 1.165) is 23.0 Å². The summed E-state index contributed by atoms with van der Waals surface area (Å²) < 4.78 is 1.89. The summed E-state index contributed by atoms with van der Waals surface area (Å²) in [5.41, 5.74) is 0.940. The molecule has 1 aromatic heterocycles. The Morgan fingerprint density at radius 2 is 2.33 bits per heavy atom. The fourth-order valence-electron chi connectivity index (χ4n) is 1.44. The number of nitriles is 1. The molecule has 0 saturated heterocycles. The fraction of sp³-hybridized carbons (Fsp3) is 0.250. The van der Waals surface area contributed by atoms with Gasteiger partial charge in [0.2, 0.25) is 0 Å². The van der Waals surface area contributed by atoms with Gasteiger partial charge in [0.1, 0.15) is 6.33 Å². The summed E-state index contributed by atoms with van der Waals surface area (Å²) >= 11 is 7.55. The summed E-state index contributed by atoms with van der Waals surface area (Å²) in [6.07, 6.45) is 3.08. The van der Waals surface area contributed by atoms with Crippen molar-refractivity contribution in [1.82, 2.24) is 14.8 Å². The van der Waals surface area contributed by atoms with E-state index in [1.54, 1.807) is 18.1 Å². The smallest absolute Gasteiger partial charge is 0.195 e. The molecule has 0 bridgehead atoms. The quantitative estimate of drug-likeness (QED) is 0.622. The van der Waals surface area contributed by atoms with Crippen molar-refractivity contribution < 1.29 is 0 Å². The lowest BCUT2D eigenvalue weighted by atomic mass is 10.3. The first-order valence-corrected chi connectivity index (χ1v) is 6.83. The third-order valence-corrected chi connectivity index (χ3v) is 3.53. The molecular weight excluding hydrogens is 268 g/mol. The van der Waals surface area contributed by atoms with Crippen LogP contribution in [-0.2, 0) is 0 Å². The van der Waals surface area contributed by atoms with Crippen LogP contribution in [0.4, 0.5) is 0 Å². The molecule has 0 radical (unpaired) electrons. The SMILES string of the molecule is N#CCCCSc1nncn1-c1cccc(Cl)c1. The molecule has 0 aliphatic heterocycles. The van der Waals surface area contributed by atoms with E-state index in [4.69, 9.17) is 16.9 Å². The molecule has 1 heterocycles. The molecule has 0 spiro atoms. The number of hydrogen-bond acceptors (Lipinski definition) is 4. The molecule has 0 aliphatic rings. The van der Waals surface area contributed by atoms with E-state index in [-0.39, 0.29) is 0 Å². The molecule has 92 valence electrons. The van der Waals surface area contributed by atoms with E-state index in [1.807, 2.05) is 28.8 Å². The molecular formula is C12H11ClN4S. The van der Waals surface area contributed by atoms with Gasteiger partial charge in [-0.3, -0.25) is 4.57 Å². The van der Waals surface area contributed by atoms with E-state index in [9.17, 15) is 0 Å². The van der Waals surface area contributed by atoms with Crippen LogP contribution in [0, 0.1) is 11.3 Å². The molecule has 0 unspecified atom stereocenters. The predicted octanol–water partition coefficient (Wildman–Crippen LogP) is 3.32. The lowest BCUT2D eigenvalue weighted by molar-refractivity contribution is 0.878. The Morgan fingerprint density at radius 3 is 3.11 bits per heavy atom. The van der Waals surface area contributed by atoms with Gasteiger partial charge in [-0.15, -0.1) is 10.2 Å². The van der Waals surface area contributed by atoms with Gasteiger partial charge in [0, 0.05) is 17.2 Å². The van der Waals surface area contributed by atoms with Crippen molar-refractivity contribution in [2.75, 3.05) is 5.75 Å². The highest BCUT2D eigenvalue weighted by Crippen LogP contribution is 2.22. The van der Waals surface area contributed by atoms with Gasteiger partial charge in [-0.2, -0.15) is 5.26 Å². The van der Waals surface area contributed by atoms with Crippen molar-refractivity contribution in [2.45, 2.75) is 18.0 Å². The highest BCUT2D eigenvalue weighted by molar-refractivity contribution is 7.99. The molecule has 0 fully saturated rings. The first-order chi connectivity index (χ1) is 8.81. The topological polar surface area (TPSA) is 54.5 Å². The summed E-state index contributed by atoms with van der Waals surface area (Å²) in [7, 11) is 0. The zero-order valence-corrected chi connectivity index (χ0v) is 11.2. The van der Waals surface area contributed by atoms with Crippen LogP contribution < -0.4 is 0 Å². The fourth-order valence-corrected chi connectivity index (χ4v) is 2.49. The second-order valence-corrected chi connectivity index (χ2v) is 5.07. The number of thioether (sulfide) groups is 1. The number of nitrogens with zero attached hydrogens (tertiary/aromatic N) is 4. The maximum Gasteiger partial charge on any atom is 0.195 e. The highest BCUT2D eigenvalue weighted by Gasteiger charge is 2.06. The van der Waals surface area contributed by atoms with Crippen molar-refractivity contribution >= 4 is 23.4 Å². The Kier molecular flexibility index (Phi) is 4.62. The van der Waals surface area contributed by atoms with Crippen molar-refractivity contribution in [3.63, 3.8) is 0 Å². The monoisotopic (exact) mass is 278 g/mol. The van der Waals surface area contributed by atoms with Crippen LogP contribution in [0.5, 0.6) is 0 Å². The molecule has 0 amide bonds. The second kappa shape index (κ2) is 6.43. The number of rotatable bonds is 5. The Bertz CT molecular complexity index is 561. The molecule has 0 atom stereocenters. The van der Waals surface area contributed by atoms with Crippen molar-refractivity contribution in [3.05, 3.63) is 35.6 Å². The molecule has 4 nitrogen and oxygen atoms in total. The number of benzene rings is 1. The summed E-state index contributed by atoms with van der Waals surface area (Å²) in [4.78, 5) is 0. The van der Waals surface area contributed by atoms with Crippen LogP contribution in [0.2, 0.25) is 5.02 Å². The standard InChI is InChI=1S/C12H11ClN4S/c13-10-4-3-5-11(8-10)17-9-15-16-12(17)18-7-2-1-6-14/h3-5,8-9H,1-2,7H2. The zero-order valence-electron chi connectivity index (χ0n) is 9.58. The van der Waals surface area contributed by atoms with E-state index >= 15 is 0 Å². The molecule has 1 aromatic carbocycles. The van der Waals surface area contributed by atoms with Gasteiger partial charge < -0.3 is 0 Å². The van der Waals surface area contributed by atoms with Crippen molar-refractivity contribution in [1.29, 1.82) is 5.26 Å². The normalized spacial score (nSPS) is 10.2. The van der Waals surface area contributed by atoms with Crippen LogP contribution in [0.15, 0.2) is 35.7 Å². The number of aromatic nitrogens is 3. The maximum absolute atomic E-state index is 8.48. The van der Waals surface area contributed by atoms with Crippen LogP contribution in [0.1, 0.15) is 12.8 Å². The second-order valence-electron chi connectivity index (χ2n) is 3.57. The van der Waals surface area contributed by atoms with Crippen LogP contribution in [-0.4, -0.2) is 20.5 Å². The largest absolute Gasteiger partial charge is 0.277 e. The van der Waals surface area contributed by atoms with Gasteiger partial charge in [-0.05, 0) is 24.6 Å². The minimum Gasteiger partial charge on any atom is -0.277 e. The van der Waals surface area contributed by atoms with Crippen LogP contribution in [0.3, 0.4) is 0 Å². The Balaban J connectivity index is 2.10. The van der Waals surface area contributed by atoms with Gasteiger partial charge in [0.25, 0.3) is 0 Å². The predicted molar refractivity (Wildman–Crippen MR) is 71.9 cm³/mol. The average Bonchev–Trinajstić information content (AvgIpc) is 2.83. The Labute approximate surface area is 115 Å². The van der Waals surface area contributed by atoms with Crippen molar-refractivity contribution in [2.24, 2.45) is 0 Å². The Hall–Kier alpha value is -1.51. The maximum atomic E-state index is 8.48. The minimum absolute atomic E-state index is 0.568. The summed E-state index contributed by atoms with van der Waals surface area (Å²) in [5, 5.41) is 18.0. The van der Waals surface area contributed by atoms with E-state index in [2.05, 4.69) is 16.3 Å². The van der Waals surface area contributed by atoms with Crippen LogP contribution >= 0.6 is 23.4 Å². The molecule has 2 rings (SSSR count). The van der Waals surface area contributed by atoms with Gasteiger partial charge >= 0.3 is 0 Å². The third kappa shape index (κ3) is 3.25. The van der Waals surface area contributed by atoms with E-state index in [1.165, 1.54) is 0 Å². The highest BCUT2D eigenvalue weighted by atomic mass is 35.5. The zero-order chi connectivity index (χ0) is 12.8. The molecule has 6 heteroatoms. The van der Waals surface area contributed by atoms with Gasteiger partial charge in [-0.25, -0.2) is 0 Å². The minimum atomic E-state index is 0.568.